The van der Waals surface area contributed by atoms with Gasteiger partial charge in [-0.3, -0.25) is 4.79 Å². The fraction of sp³-hybridized carbons (Fsp3) is 0.214. The zero-order chi connectivity index (χ0) is 28.8. The van der Waals surface area contributed by atoms with Crippen LogP contribution in [0.15, 0.2) is 72.8 Å². The van der Waals surface area contributed by atoms with Crippen LogP contribution in [0.25, 0.3) is 0 Å². The Morgan fingerprint density at radius 1 is 0.625 bits per heavy atom. The van der Waals surface area contributed by atoms with Gasteiger partial charge in [-0.05, 0) is 72.8 Å². The molecule has 8 nitrogen and oxygen atoms in total. The van der Waals surface area contributed by atoms with Crippen LogP contribution in [-0.2, 0) is 23.7 Å². The van der Waals surface area contributed by atoms with Crippen LogP contribution in [0.4, 0.5) is 0 Å². The summed E-state index contributed by atoms with van der Waals surface area (Å²) in [6.45, 7) is 0.943. The molecule has 1 unspecified atom stereocenters. The number of carbonyl (C=O) groups is 4. The van der Waals surface area contributed by atoms with Crippen molar-refractivity contribution in [3.63, 3.8) is 0 Å². The minimum Gasteiger partial charge on any atom is -0.461 e. The van der Waals surface area contributed by atoms with Gasteiger partial charge in [0.2, 0.25) is 0 Å². The van der Waals surface area contributed by atoms with Crippen molar-refractivity contribution < 1.29 is 38.1 Å². The molecule has 3 aromatic carbocycles. The van der Waals surface area contributed by atoms with Gasteiger partial charge in [0.15, 0.2) is 17.6 Å². The molecular formula is C28H21Cl3O8S. The highest BCUT2D eigenvalue weighted by atomic mass is 35.5. The van der Waals surface area contributed by atoms with E-state index < -0.39 is 46.8 Å². The molecule has 1 fully saturated rings. The third-order valence-electron chi connectivity index (χ3n) is 5.65. The topological polar surface area (TPSA) is 105 Å². The maximum absolute atomic E-state index is 13.1. The minimum absolute atomic E-state index is 0.177. The number of thioether (sulfide) groups is 1. The average Bonchev–Trinajstić information content (AvgIpc) is 3.22. The Morgan fingerprint density at radius 3 is 1.45 bits per heavy atom. The molecule has 1 aliphatic rings. The molecule has 4 atom stereocenters. The van der Waals surface area contributed by atoms with Crippen LogP contribution in [0.5, 0.6) is 0 Å². The maximum atomic E-state index is 13.1. The summed E-state index contributed by atoms with van der Waals surface area (Å²) in [4.78, 5) is 50.6. The molecule has 0 radical (unpaired) electrons. The number of esters is 4. The SMILES string of the molecule is CC(=O)OC1S[C@@H](COC(=O)c2ccc(Cl)cc2)[C@H](OC(=O)c2ccc(Cl)cc2)[C@H]1OC(=O)c1ccc(Cl)cc1. The van der Waals surface area contributed by atoms with Crippen LogP contribution in [0, 0.1) is 0 Å². The first kappa shape index (κ1) is 29.7. The highest BCUT2D eigenvalue weighted by Crippen LogP contribution is 2.40. The molecule has 0 N–H and O–H groups in total. The van der Waals surface area contributed by atoms with Crippen LogP contribution >= 0.6 is 46.6 Å². The lowest BCUT2D eigenvalue weighted by molar-refractivity contribution is -0.148. The van der Waals surface area contributed by atoms with Gasteiger partial charge in [0.05, 0.1) is 21.9 Å². The van der Waals surface area contributed by atoms with Crippen molar-refractivity contribution in [2.45, 2.75) is 29.8 Å². The van der Waals surface area contributed by atoms with Gasteiger partial charge in [-0.25, -0.2) is 14.4 Å². The van der Waals surface area contributed by atoms with E-state index in [-0.39, 0.29) is 23.3 Å². The first-order chi connectivity index (χ1) is 19.1. The van der Waals surface area contributed by atoms with Crippen LogP contribution in [-0.4, -0.2) is 53.4 Å². The van der Waals surface area contributed by atoms with Crippen LogP contribution < -0.4 is 0 Å². The largest absolute Gasteiger partial charge is 0.461 e. The quantitative estimate of drug-likeness (QED) is 0.212. The van der Waals surface area contributed by atoms with Crippen molar-refractivity contribution >= 4 is 70.4 Å². The molecule has 4 rings (SSSR count). The number of ether oxygens (including phenoxy) is 4. The number of hydrogen-bond donors (Lipinski definition) is 0. The second-order valence-electron chi connectivity index (χ2n) is 8.51. The van der Waals surface area contributed by atoms with Crippen molar-refractivity contribution in [1.29, 1.82) is 0 Å². The van der Waals surface area contributed by atoms with Gasteiger partial charge in [-0.15, -0.1) is 11.8 Å². The van der Waals surface area contributed by atoms with E-state index in [0.29, 0.717) is 15.1 Å². The van der Waals surface area contributed by atoms with Crippen LogP contribution in [0.1, 0.15) is 38.0 Å². The monoisotopic (exact) mass is 622 g/mol. The standard InChI is InChI=1S/C28H21Cl3O8S/c1-15(32)37-28-24(39-27(35)18-6-12-21(31)13-7-18)23(38-26(34)17-4-10-20(30)11-5-17)22(40-28)14-36-25(33)16-2-8-19(29)9-3-16/h2-13,22-24,28H,14H2,1H3/t22-,23-,24+,28?/m0/s1. The van der Waals surface area contributed by atoms with E-state index >= 15 is 0 Å². The third-order valence-corrected chi connectivity index (χ3v) is 7.80. The molecular weight excluding hydrogens is 603 g/mol. The molecule has 40 heavy (non-hydrogen) atoms. The van der Waals surface area contributed by atoms with Crippen molar-refractivity contribution in [3.05, 3.63) is 105 Å². The molecule has 0 aliphatic carbocycles. The number of hydrogen-bond acceptors (Lipinski definition) is 9. The Bertz CT molecular complexity index is 1380. The van der Waals surface area contributed by atoms with Gasteiger partial charge in [0.1, 0.15) is 6.61 Å². The van der Waals surface area contributed by atoms with Gasteiger partial charge in [0, 0.05) is 22.0 Å². The van der Waals surface area contributed by atoms with Crippen LogP contribution in [0.2, 0.25) is 15.1 Å². The van der Waals surface area contributed by atoms with E-state index in [0.717, 1.165) is 11.8 Å². The number of halogens is 3. The first-order valence-corrected chi connectivity index (χ1v) is 13.9. The van der Waals surface area contributed by atoms with E-state index in [1.807, 2.05) is 0 Å². The molecule has 0 spiro atoms. The van der Waals surface area contributed by atoms with Crippen molar-refractivity contribution in [3.8, 4) is 0 Å². The van der Waals surface area contributed by atoms with Gasteiger partial charge < -0.3 is 18.9 Å². The molecule has 208 valence electrons. The lowest BCUT2D eigenvalue weighted by Crippen LogP contribution is -2.42. The molecule has 0 aromatic heterocycles. The maximum Gasteiger partial charge on any atom is 0.338 e. The summed E-state index contributed by atoms with van der Waals surface area (Å²) in [5.41, 5.74) is -0.443. The highest BCUT2D eigenvalue weighted by molar-refractivity contribution is 8.00. The molecule has 1 aliphatic heterocycles. The molecule has 0 saturated carbocycles. The predicted octanol–water partition coefficient (Wildman–Crippen LogP) is 6.26. The van der Waals surface area contributed by atoms with E-state index in [9.17, 15) is 19.2 Å². The summed E-state index contributed by atoms with van der Waals surface area (Å²) in [6.07, 6.45) is -2.39. The molecule has 0 amide bonds. The molecule has 1 saturated heterocycles. The minimum atomic E-state index is -1.23. The van der Waals surface area contributed by atoms with Crippen molar-refractivity contribution in [2.24, 2.45) is 0 Å². The van der Waals surface area contributed by atoms with E-state index in [2.05, 4.69) is 0 Å². The summed E-state index contributed by atoms with van der Waals surface area (Å²) in [5, 5.41) is 0.527. The second-order valence-corrected chi connectivity index (χ2v) is 11.2. The number of benzene rings is 3. The van der Waals surface area contributed by atoms with E-state index in [1.165, 1.54) is 67.6 Å². The molecule has 12 heteroatoms. The Balaban J connectivity index is 1.59. The zero-order valence-electron chi connectivity index (χ0n) is 20.8. The summed E-state index contributed by atoms with van der Waals surface area (Å²) in [6, 6.07) is 18.0. The van der Waals surface area contributed by atoms with E-state index in [4.69, 9.17) is 53.8 Å². The van der Waals surface area contributed by atoms with Crippen LogP contribution in [0.3, 0.4) is 0 Å². The Labute approximate surface area is 248 Å². The highest BCUT2D eigenvalue weighted by Gasteiger charge is 2.51. The Hall–Kier alpha value is -3.24. The third kappa shape index (κ3) is 7.69. The van der Waals surface area contributed by atoms with E-state index in [1.54, 1.807) is 12.1 Å². The average molecular weight is 624 g/mol. The zero-order valence-corrected chi connectivity index (χ0v) is 23.8. The summed E-state index contributed by atoms with van der Waals surface area (Å²) in [5.74, 6) is -2.80. The molecule has 3 aromatic rings. The normalized spacial score (nSPS) is 19.9. The van der Waals surface area contributed by atoms with Gasteiger partial charge in [-0.2, -0.15) is 0 Å². The second kappa shape index (κ2) is 13.4. The lowest BCUT2D eigenvalue weighted by Gasteiger charge is -2.25. The Morgan fingerprint density at radius 2 is 1.02 bits per heavy atom. The fourth-order valence-corrected chi connectivity index (χ4v) is 5.52. The van der Waals surface area contributed by atoms with Crippen molar-refractivity contribution in [2.75, 3.05) is 6.61 Å². The molecule has 0 bridgehead atoms. The summed E-state index contributed by atoms with van der Waals surface area (Å²) >= 11 is 18.8. The summed E-state index contributed by atoms with van der Waals surface area (Å²) < 4.78 is 22.4. The van der Waals surface area contributed by atoms with Gasteiger partial charge in [-0.1, -0.05) is 34.8 Å². The molecule has 1 heterocycles. The number of carbonyl (C=O) groups excluding carboxylic acids is 4. The first-order valence-electron chi connectivity index (χ1n) is 11.8. The number of rotatable bonds is 8. The van der Waals surface area contributed by atoms with Crippen molar-refractivity contribution in [1.82, 2.24) is 0 Å². The fourth-order valence-electron chi connectivity index (χ4n) is 3.73. The Kier molecular flexibility index (Phi) is 9.97. The van der Waals surface area contributed by atoms with Gasteiger partial charge >= 0.3 is 23.9 Å². The van der Waals surface area contributed by atoms with Gasteiger partial charge in [0.25, 0.3) is 0 Å². The predicted molar refractivity (Wildman–Crippen MR) is 150 cm³/mol. The summed E-state index contributed by atoms with van der Waals surface area (Å²) in [7, 11) is 0. The lowest BCUT2D eigenvalue weighted by atomic mass is 10.1. The smallest absolute Gasteiger partial charge is 0.338 e.